The fourth-order valence-corrected chi connectivity index (χ4v) is 8.14. The second-order valence-corrected chi connectivity index (χ2v) is 17.0. The molecule has 28 heavy (non-hydrogen) atoms. The maximum absolute atomic E-state index is 12.5. The van der Waals surface area contributed by atoms with Gasteiger partial charge in [0.2, 0.25) is 0 Å². The lowest BCUT2D eigenvalue weighted by atomic mass is 9.61. The lowest BCUT2D eigenvalue weighted by Gasteiger charge is -2.43. The Balaban J connectivity index is 1.61. The van der Waals surface area contributed by atoms with Crippen LogP contribution in [0.2, 0.25) is 18.1 Å². The van der Waals surface area contributed by atoms with Crippen molar-refractivity contribution in [2.24, 2.45) is 29.1 Å². The van der Waals surface area contributed by atoms with E-state index >= 15 is 0 Å². The van der Waals surface area contributed by atoms with Crippen molar-refractivity contribution in [1.82, 2.24) is 0 Å². The Labute approximate surface area is 175 Å². The molecule has 0 aromatic rings. The summed E-state index contributed by atoms with van der Waals surface area (Å²) in [4.78, 5) is 12.5. The van der Waals surface area contributed by atoms with Crippen molar-refractivity contribution in [2.75, 3.05) is 0 Å². The molecule has 2 saturated carbocycles. The van der Waals surface area contributed by atoms with Gasteiger partial charge in [-0.05, 0) is 86.7 Å². The Kier molecular flexibility index (Phi) is 5.87. The van der Waals surface area contributed by atoms with Crippen molar-refractivity contribution in [3.05, 3.63) is 12.2 Å². The molecule has 3 aliphatic carbocycles. The zero-order valence-corrected chi connectivity index (χ0v) is 20.7. The number of rotatable bonds is 5. The fraction of sp³-hybridized carbons (Fsp3) is 0.880. The summed E-state index contributed by atoms with van der Waals surface area (Å²) in [7, 11) is -1.77. The summed E-state index contributed by atoms with van der Waals surface area (Å²) in [5.74, 6) is 2.92. The molecule has 3 rings (SSSR count). The Morgan fingerprint density at radius 2 is 1.93 bits per heavy atom. The number of allylic oxidation sites excluding steroid dienone is 1. The molecular formula is C25H44O2Si. The molecule has 160 valence electrons. The summed E-state index contributed by atoms with van der Waals surface area (Å²) in [5, 5.41) is 0.246. The molecule has 3 heteroatoms. The van der Waals surface area contributed by atoms with Crippen LogP contribution in [0.1, 0.15) is 86.5 Å². The highest BCUT2D eigenvalue weighted by molar-refractivity contribution is 6.74. The van der Waals surface area contributed by atoms with Crippen LogP contribution in [0.3, 0.4) is 0 Å². The maximum atomic E-state index is 12.5. The van der Waals surface area contributed by atoms with Crippen LogP contribution in [0, 0.1) is 29.1 Å². The van der Waals surface area contributed by atoms with Crippen LogP contribution >= 0.6 is 0 Å². The summed E-state index contributed by atoms with van der Waals surface area (Å²) >= 11 is 0. The predicted octanol–water partition coefficient (Wildman–Crippen LogP) is 7.15. The molecule has 0 aromatic carbocycles. The molecule has 0 aromatic heterocycles. The summed E-state index contributed by atoms with van der Waals surface area (Å²) < 4.78 is 6.82. The first-order chi connectivity index (χ1) is 12.8. The fourth-order valence-electron chi connectivity index (χ4n) is 6.52. The summed E-state index contributed by atoms with van der Waals surface area (Å²) in [6.07, 6.45) is 12.7. The van der Waals surface area contributed by atoms with Crippen LogP contribution in [0.5, 0.6) is 0 Å². The number of carbonyl (C=O) groups excluding carboxylic acids is 1. The molecule has 0 amide bonds. The molecule has 3 aliphatic rings. The number of Topliss-reactive ketones (excluding diaryl/α,β-unsaturated/α-hetero) is 1. The van der Waals surface area contributed by atoms with Gasteiger partial charge in [0.05, 0.1) is 5.60 Å². The van der Waals surface area contributed by atoms with Gasteiger partial charge < -0.3 is 4.43 Å². The SMILES string of the molecule is C[C@H](C[C@H]1C=C[C@](C)(O[Si](C)(C)C(C)(C)C)C1)[C@H]1CCC2C(=O)CCC[C@@]21C. The summed E-state index contributed by atoms with van der Waals surface area (Å²) in [6.45, 7) is 18.9. The van der Waals surface area contributed by atoms with Crippen molar-refractivity contribution in [3.63, 3.8) is 0 Å². The van der Waals surface area contributed by atoms with E-state index in [-0.39, 0.29) is 16.1 Å². The molecule has 1 unspecified atom stereocenters. The first-order valence-electron chi connectivity index (χ1n) is 11.7. The molecule has 0 spiro atoms. The van der Waals surface area contributed by atoms with Gasteiger partial charge in [0.1, 0.15) is 5.78 Å². The van der Waals surface area contributed by atoms with Gasteiger partial charge in [0, 0.05) is 12.3 Å². The van der Waals surface area contributed by atoms with E-state index in [1.54, 1.807) is 0 Å². The molecule has 0 N–H and O–H groups in total. The van der Waals surface area contributed by atoms with Crippen LogP contribution in [0.15, 0.2) is 12.2 Å². The van der Waals surface area contributed by atoms with Crippen LogP contribution in [0.25, 0.3) is 0 Å². The minimum atomic E-state index is -1.77. The number of fused-ring (bicyclic) bond motifs is 1. The Hall–Kier alpha value is -0.413. The van der Waals surface area contributed by atoms with Gasteiger partial charge in [-0.25, -0.2) is 0 Å². The lowest BCUT2D eigenvalue weighted by molar-refractivity contribution is -0.130. The second-order valence-electron chi connectivity index (χ2n) is 12.3. The van der Waals surface area contributed by atoms with Crippen molar-refractivity contribution in [3.8, 4) is 0 Å². The van der Waals surface area contributed by atoms with Gasteiger partial charge in [0.15, 0.2) is 8.32 Å². The third-order valence-electron chi connectivity index (χ3n) is 8.98. The van der Waals surface area contributed by atoms with Gasteiger partial charge in [0.25, 0.3) is 0 Å². The normalized spacial score (nSPS) is 40.0. The monoisotopic (exact) mass is 404 g/mol. The quantitative estimate of drug-likeness (QED) is 0.359. The standard InChI is InChI=1S/C25H44O2Si/c1-18(20-11-12-21-22(26)10-9-14-25(20,21)6)16-19-13-15-24(5,17-19)27-28(7,8)23(2,3)4/h13,15,18-21H,9-12,14,16-17H2,1-8H3/t18-,19-,20-,21?,24+,25-/m1/s1. The maximum Gasteiger partial charge on any atom is 0.193 e. The van der Waals surface area contributed by atoms with Gasteiger partial charge in [-0.3, -0.25) is 4.79 Å². The van der Waals surface area contributed by atoms with Crippen molar-refractivity contribution in [2.45, 2.75) is 110 Å². The number of hydrogen-bond acceptors (Lipinski definition) is 2. The summed E-state index contributed by atoms with van der Waals surface area (Å²) in [5.41, 5.74) is 0.161. The molecule has 0 saturated heterocycles. The van der Waals surface area contributed by atoms with Gasteiger partial charge in [-0.2, -0.15) is 0 Å². The van der Waals surface area contributed by atoms with Crippen LogP contribution in [-0.4, -0.2) is 19.7 Å². The largest absolute Gasteiger partial charge is 0.408 e. The van der Waals surface area contributed by atoms with Crippen molar-refractivity contribution >= 4 is 14.1 Å². The molecule has 0 heterocycles. The second kappa shape index (κ2) is 7.37. The molecule has 0 aliphatic heterocycles. The van der Waals surface area contributed by atoms with Crippen molar-refractivity contribution < 1.29 is 9.22 Å². The first-order valence-corrected chi connectivity index (χ1v) is 14.6. The Morgan fingerprint density at radius 3 is 2.57 bits per heavy atom. The highest BCUT2D eigenvalue weighted by Gasteiger charge is 2.52. The Morgan fingerprint density at radius 1 is 1.25 bits per heavy atom. The molecule has 2 nitrogen and oxygen atoms in total. The van der Waals surface area contributed by atoms with Gasteiger partial charge >= 0.3 is 0 Å². The molecule has 6 atom stereocenters. The van der Waals surface area contributed by atoms with E-state index in [2.05, 4.69) is 66.8 Å². The third kappa shape index (κ3) is 4.08. The number of hydrogen-bond donors (Lipinski definition) is 0. The minimum Gasteiger partial charge on any atom is -0.408 e. The number of ketones is 1. The van der Waals surface area contributed by atoms with Crippen LogP contribution in [0.4, 0.5) is 0 Å². The van der Waals surface area contributed by atoms with Gasteiger partial charge in [-0.1, -0.05) is 46.8 Å². The zero-order valence-electron chi connectivity index (χ0n) is 19.7. The van der Waals surface area contributed by atoms with Crippen LogP contribution < -0.4 is 0 Å². The van der Waals surface area contributed by atoms with Crippen molar-refractivity contribution in [1.29, 1.82) is 0 Å². The van der Waals surface area contributed by atoms with Crippen LogP contribution in [-0.2, 0) is 9.22 Å². The zero-order chi connectivity index (χ0) is 21.0. The average molecular weight is 405 g/mol. The van der Waals surface area contributed by atoms with E-state index in [4.69, 9.17) is 4.43 Å². The van der Waals surface area contributed by atoms with E-state index in [0.29, 0.717) is 29.5 Å². The van der Waals surface area contributed by atoms with E-state index in [1.165, 1.54) is 19.3 Å². The van der Waals surface area contributed by atoms with E-state index in [0.717, 1.165) is 25.7 Å². The predicted molar refractivity (Wildman–Crippen MR) is 121 cm³/mol. The number of carbonyl (C=O) groups is 1. The highest BCUT2D eigenvalue weighted by atomic mass is 28.4. The summed E-state index contributed by atoms with van der Waals surface area (Å²) in [6, 6.07) is 0. The van der Waals surface area contributed by atoms with E-state index in [1.807, 2.05) is 0 Å². The lowest BCUT2D eigenvalue weighted by Crippen LogP contribution is -2.47. The minimum absolute atomic E-state index is 0.101. The topological polar surface area (TPSA) is 26.3 Å². The molecule has 0 radical (unpaired) electrons. The molecule has 2 fully saturated rings. The smallest absolute Gasteiger partial charge is 0.193 e. The first kappa shape index (κ1) is 22.3. The highest BCUT2D eigenvalue weighted by Crippen LogP contribution is 2.57. The average Bonchev–Trinajstić information content (AvgIpc) is 3.06. The van der Waals surface area contributed by atoms with E-state index < -0.39 is 8.32 Å². The Bertz CT molecular complexity index is 631. The molecule has 0 bridgehead atoms. The van der Waals surface area contributed by atoms with E-state index in [9.17, 15) is 4.79 Å². The van der Waals surface area contributed by atoms with Gasteiger partial charge in [-0.15, -0.1) is 0 Å². The molecular weight excluding hydrogens is 360 g/mol. The third-order valence-corrected chi connectivity index (χ3v) is 13.6.